The molecule has 1 aliphatic rings. The van der Waals surface area contributed by atoms with Gasteiger partial charge in [-0.1, -0.05) is 0 Å². The van der Waals surface area contributed by atoms with Crippen molar-refractivity contribution in [1.82, 2.24) is 20.0 Å². The van der Waals surface area contributed by atoms with Crippen LogP contribution in [0.1, 0.15) is 35.4 Å². The number of piperidine rings is 1. The smallest absolute Gasteiger partial charge is 0.354 e. The number of benzene rings is 1. The Morgan fingerprint density at radius 3 is 2.08 bits per heavy atom. The zero-order valence-corrected chi connectivity index (χ0v) is 19.3. The van der Waals surface area contributed by atoms with Crippen LogP contribution in [-0.2, 0) is 17.1 Å². The molecule has 13 heteroatoms. The number of nitrogens with one attached hydrogen (secondary N) is 1. The van der Waals surface area contributed by atoms with Crippen molar-refractivity contribution in [2.75, 3.05) is 23.3 Å². The maximum absolute atomic E-state index is 13.1. The van der Waals surface area contributed by atoms with E-state index in [1.807, 2.05) is 19.9 Å². The third-order valence-electron chi connectivity index (χ3n) is 5.83. The molecule has 1 atom stereocenters. The average Bonchev–Trinajstić information content (AvgIpc) is 3.15. The number of rotatable bonds is 4. The number of amides is 1. The highest BCUT2D eigenvalue weighted by atomic mass is 19.4. The topological polar surface area (TPSA) is 75.9 Å². The van der Waals surface area contributed by atoms with Gasteiger partial charge < -0.3 is 10.2 Å². The average molecular weight is 512 g/mol. The van der Waals surface area contributed by atoms with E-state index in [1.165, 1.54) is 0 Å². The molecule has 4 rings (SSSR count). The van der Waals surface area contributed by atoms with Crippen LogP contribution in [0.15, 0.2) is 36.4 Å². The second kappa shape index (κ2) is 9.43. The molecule has 0 radical (unpaired) electrons. The van der Waals surface area contributed by atoms with Crippen molar-refractivity contribution in [3.63, 3.8) is 0 Å². The van der Waals surface area contributed by atoms with Crippen LogP contribution in [-0.4, -0.2) is 39.0 Å². The first kappa shape index (κ1) is 25.5. The second-order valence-electron chi connectivity index (χ2n) is 8.66. The number of carbonyl (C=O) groups excluding carboxylic acids is 1. The Balaban J connectivity index is 1.49. The van der Waals surface area contributed by atoms with Gasteiger partial charge in [0.05, 0.1) is 22.7 Å². The lowest BCUT2D eigenvalue weighted by molar-refractivity contribution is -0.143. The summed E-state index contributed by atoms with van der Waals surface area (Å²) in [5.74, 6) is -0.323. The zero-order valence-electron chi connectivity index (χ0n) is 19.3. The lowest BCUT2D eigenvalue weighted by Crippen LogP contribution is -2.41. The van der Waals surface area contributed by atoms with E-state index in [0.29, 0.717) is 43.2 Å². The normalized spacial score (nSPS) is 16.8. The molecule has 1 fully saturated rings. The van der Waals surface area contributed by atoms with Gasteiger partial charge in [0.25, 0.3) is 0 Å². The van der Waals surface area contributed by atoms with Crippen LogP contribution < -0.4 is 10.2 Å². The summed E-state index contributed by atoms with van der Waals surface area (Å²) in [6.07, 6.45) is -9.00. The number of hydrogen-bond acceptors (Lipinski definition) is 5. The van der Waals surface area contributed by atoms with E-state index < -0.39 is 41.0 Å². The highest BCUT2D eigenvalue weighted by Gasteiger charge is 2.37. The molecule has 1 aromatic carbocycles. The Bertz CT molecular complexity index is 1220. The van der Waals surface area contributed by atoms with Crippen molar-refractivity contribution in [3.8, 4) is 5.82 Å². The Kier molecular flexibility index (Phi) is 6.67. The third-order valence-corrected chi connectivity index (χ3v) is 5.83. The molecular weight excluding hydrogens is 490 g/mol. The predicted octanol–water partition coefficient (Wildman–Crippen LogP) is 5.17. The summed E-state index contributed by atoms with van der Waals surface area (Å²) in [6.45, 7) is 4.49. The monoisotopic (exact) mass is 512 g/mol. The van der Waals surface area contributed by atoms with Gasteiger partial charge in [-0.2, -0.15) is 31.4 Å². The number of nitrogens with zero attached hydrogens (tertiary/aromatic N) is 5. The number of carbonyl (C=O) groups is 1. The molecule has 1 amide bonds. The number of hydrogen-bond donors (Lipinski definition) is 1. The summed E-state index contributed by atoms with van der Waals surface area (Å²) >= 11 is 0. The van der Waals surface area contributed by atoms with Crippen LogP contribution in [0.25, 0.3) is 5.82 Å². The van der Waals surface area contributed by atoms with E-state index in [2.05, 4.69) is 20.6 Å². The van der Waals surface area contributed by atoms with E-state index in [0.717, 1.165) is 11.4 Å². The van der Waals surface area contributed by atoms with Gasteiger partial charge in [0.1, 0.15) is 0 Å². The minimum atomic E-state index is -5.00. The van der Waals surface area contributed by atoms with E-state index in [1.54, 1.807) is 21.7 Å². The van der Waals surface area contributed by atoms with Gasteiger partial charge in [-0.25, -0.2) is 4.68 Å². The quantitative estimate of drug-likeness (QED) is 0.488. The number of anilines is 2. The fraction of sp³-hybridized carbons (Fsp3) is 0.391. The third kappa shape index (κ3) is 5.60. The molecule has 1 saturated heterocycles. The minimum absolute atomic E-state index is 0.0202. The Hall–Kier alpha value is -3.64. The number of halogens is 6. The fourth-order valence-corrected chi connectivity index (χ4v) is 4.13. The van der Waals surface area contributed by atoms with Crippen molar-refractivity contribution >= 4 is 17.4 Å². The Labute approximate surface area is 202 Å². The molecule has 1 N–H and O–H groups in total. The predicted molar refractivity (Wildman–Crippen MR) is 119 cm³/mol. The maximum atomic E-state index is 13.1. The molecule has 36 heavy (non-hydrogen) atoms. The van der Waals surface area contributed by atoms with E-state index in [9.17, 15) is 31.1 Å². The first-order valence-corrected chi connectivity index (χ1v) is 11.0. The lowest BCUT2D eigenvalue weighted by atomic mass is 9.96. The lowest BCUT2D eigenvalue weighted by Gasteiger charge is -2.32. The summed E-state index contributed by atoms with van der Waals surface area (Å²) in [5, 5.41) is 15.0. The van der Waals surface area contributed by atoms with Crippen molar-refractivity contribution in [1.29, 1.82) is 0 Å². The molecule has 192 valence electrons. The first-order valence-electron chi connectivity index (χ1n) is 11.0. The van der Waals surface area contributed by atoms with E-state index in [4.69, 9.17) is 0 Å². The summed E-state index contributed by atoms with van der Waals surface area (Å²) in [7, 11) is 0. The van der Waals surface area contributed by atoms with E-state index in [-0.39, 0.29) is 12.6 Å². The van der Waals surface area contributed by atoms with E-state index >= 15 is 0 Å². The second-order valence-corrected chi connectivity index (χ2v) is 8.66. The molecule has 7 nitrogen and oxygen atoms in total. The van der Waals surface area contributed by atoms with Crippen LogP contribution in [0.3, 0.4) is 0 Å². The molecule has 3 heterocycles. The molecule has 1 unspecified atom stereocenters. The number of alkyl halides is 6. The summed E-state index contributed by atoms with van der Waals surface area (Å²) < 4.78 is 80.4. The van der Waals surface area contributed by atoms with Crippen LogP contribution in [0, 0.1) is 19.8 Å². The van der Waals surface area contributed by atoms with Gasteiger partial charge >= 0.3 is 12.4 Å². The van der Waals surface area contributed by atoms with Gasteiger partial charge in [0.2, 0.25) is 5.91 Å². The molecule has 2 aromatic heterocycles. The summed E-state index contributed by atoms with van der Waals surface area (Å²) in [5.41, 5.74) is -1.83. The van der Waals surface area contributed by atoms with Crippen LogP contribution in [0.2, 0.25) is 0 Å². The Morgan fingerprint density at radius 2 is 1.56 bits per heavy atom. The van der Waals surface area contributed by atoms with Gasteiger partial charge in [0.15, 0.2) is 11.6 Å². The summed E-state index contributed by atoms with van der Waals surface area (Å²) in [6, 6.07) is 6.36. The van der Waals surface area contributed by atoms with Crippen LogP contribution in [0.5, 0.6) is 0 Å². The van der Waals surface area contributed by atoms with Crippen molar-refractivity contribution < 1.29 is 31.1 Å². The van der Waals surface area contributed by atoms with Crippen LogP contribution in [0.4, 0.5) is 37.8 Å². The molecular formula is C23H22F6N6O. The fourth-order valence-electron chi connectivity index (χ4n) is 4.13. The van der Waals surface area contributed by atoms with Crippen molar-refractivity contribution in [3.05, 3.63) is 58.9 Å². The molecule has 0 aliphatic carbocycles. The molecule has 3 aromatic rings. The number of aromatic nitrogens is 4. The maximum Gasteiger partial charge on any atom is 0.416 e. The Morgan fingerprint density at radius 1 is 0.944 bits per heavy atom. The van der Waals surface area contributed by atoms with Gasteiger partial charge in [-0.3, -0.25) is 4.79 Å². The molecule has 0 bridgehead atoms. The standard InChI is InChI=1S/C23H22F6N6O/c1-13-8-14(2)35(33-13)20-6-5-19(31-32-20)34-7-3-4-15(12-34)21(36)30-18-10-16(22(24,25)26)9-17(11-18)23(27,28)29/h5-6,8-11,15H,3-4,7,12H2,1-2H3,(H,30,36). The summed E-state index contributed by atoms with van der Waals surface area (Å²) in [4.78, 5) is 14.6. The SMILES string of the molecule is Cc1cc(C)n(-c2ccc(N3CCCC(C(=O)Nc4cc(C(F)(F)F)cc(C(F)(F)F)c4)C3)nn2)n1. The minimum Gasteiger partial charge on any atom is -0.354 e. The number of aryl methyl sites for hydroxylation is 2. The highest BCUT2D eigenvalue weighted by Crippen LogP contribution is 2.37. The van der Waals surface area contributed by atoms with Crippen LogP contribution >= 0.6 is 0 Å². The highest BCUT2D eigenvalue weighted by molar-refractivity contribution is 5.93. The van der Waals surface area contributed by atoms with Crippen molar-refractivity contribution in [2.45, 2.75) is 39.0 Å². The van der Waals surface area contributed by atoms with Gasteiger partial charge in [0, 0.05) is 24.5 Å². The van der Waals surface area contributed by atoms with Crippen molar-refractivity contribution in [2.24, 2.45) is 5.92 Å². The first-order chi connectivity index (χ1) is 16.8. The van der Waals surface area contributed by atoms with Gasteiger partial charge in [-0.15, -0.1) is 10.2 Å². The zero-order chi connectivity index (χ0) is 26.3. The molecule has 0 spiro atoms. The molecule has 0 saturated carbocycles. The van der Waals surface area contributed by atoms with Gasteiger partial charge in [-0.05, 0) is 63.1 Å². The largest absolute Gasteiger partial charge is 0.416 e. The molecule has 1 aliphatic heterocycles.